The molecule has 4 rings (SSSR count). The van der Waals surface area contributed by atoms with E-state index in [1.165, 1.54) is 22.7 Å². The van der Waals surface area contributed by atoms with E-state index in [1.807, 2.05) is 24.3 Å². The summed E-state index contributed by atoms with van der Waals surface area (Å²) in [6.07, 6.45) is 0. The lowest BCUT2D eigenvalue weighted by Crippen LogP contribution is -2.08. The van der Waals surface area contributed by atoms with Crippen molar-refractivity contribution in [3.63, 3.8) is 0 Å². The van der Waals surface area contributed by atoms with Crippen LogP contribution in [0.2, 0.25) is 0 Å². The third kappa shape index (κ3) is 5.24. The normalized spacial score (nSPS) is 9.79. The number of benzene rings is 4. The van der Waals surface area contributed by atoms with Crippen LogP contribution in [0.1, 0.15) is 0 Å². The third-order valence-electron chi connectivity index (χ3n) is 4.57. The standard InChI is InChI=1S/2C13H13N/c2*1-14(12-8-4-2-5-9-12)13-10-6-3-7-11-13/h2*2-11H,1H3. The molecule has 0 N–H and O–H groups in total. The largest absolute Gasteiger partial charge is 0.345 e. The average molecular weight is 367 g/mol. The molecule has 2 heteroatoms. The van der Waals surface area contributed by atoms with Crippen LogP contribution in [0.15, 0.2) is 121 Å². The van der Waals surface area contributed by atoms with Gasteiger partial charge in [-0.05, 0) is 48.5 Å². The summed E-state index contributed by atoms with van der Waals surface area (Å²) < 4.78 is 0. The van der Waals surface area contributed by atoms with Crippen molar-refractivity contribution in [3.05, 3.63) is 121 Å². The summed E-state index contributed by atoms with van der Waals surface area (Å²) in [6.45, 7) is 0. The fourth-order valence-electron chi connectivity index (χ4n) is 2.90. The molecule has 0 saturated carbocycles. The first-order valence-electron chi connectivity index (χ1n) is 9.43. The molecule has 4 aromatic rings. The zero-order chi connectivity index (χ0) is 19.6. The van der Waals surface area contributed by atoms with Crippen LogP contribution in [-0.4, -0.2) is 14.1 Å². The minimum absolute atomic E-state index is 1.21. The van der Waals surface area contributed by atoms with Gasteiger partial charge in [-0.3, -0.25) is 0 Å². The minimum Gasteiger partial charge on any atom is -0.345 e. The van der Waals surface area contributed by atoms with Crippen molar-refractivity contribution < 1.29 is 0 Å². The fourth-order valence-corrected chi connectivity index (χ4v) is 2.90. The van der Waals surface area contributed by atoms with Crippen LogP contribution >= 0.6 is 0 Å². The second kappa shape index (κ2) is 9.98. The Labute approximate surface area is 168 Å². The van der Waals surface area contributed by atoms with Crippen LogP contribution in [0.4, 0.5) is 22.7 Å². The second-order valence-corrected chi connectivity index (χ2v) is 6.46. The van der Waals surface area contributed by atoms with E-state index in [0.29, 0.717) is 0 Å². The summed E-state index contributed by atoms with van der Waals surface area (Å²) in [5.41, 5.74) is 4.83. The van der Waals surface area contributed by atoms with Gasteiger partial charge in [-0.2, -0.15) is 0 Å². The molecule has 4 aromatic carbocycles. The molecule has 0 aliphatic carbocycles. The van der Waals surface area contributed by atoms with E-state index in [-0.39, 0.29) is 0 Å². The monoisotopic (exact) mass is 366 g/mol. The fraction of sp³-hybridized carbons (Fsp3) is 0.0769. The summed E-state index contributed by atoms with van der Waals surface area (Å²) >= 11 is 0. The lowest BCUT2D eigenvalue weighted by Gasteiger charge is -2.18. The molecule has 2 nitrogen and oxygen atoms in total. The van der Waals surface area contributed by atoms with Gasteiger partial charge in [-0.15, -0.1) is 0 Å². The second-order valence-electron chi connectivity index (χ2n) is 6.46. The van der Waals surface area contributed by atoms with Crippen LogP contribution in [0, 0.1) is 0 Å². The van der Waals surface area contributed by atoms with Gasteiger partial charge >= 0.3 is 0 Å². The molecule has 28 heavy (non-hydrogen) atoms. The maximum Gasteiger partial charge on any atom is 0.0408 e. The van der Waals surface area contributed by atoms with E-state index >= 15 is 0 Å². The van der Waals surface area contributed by atoms with Crippen LogP contribution in [0.5, 0.6) is 0 Å². The number of nitrogens with zero attached hydrogens (tertiary/aromatic N) is 2. The Morgan fingerprint density at radius 1 is 0.321 bits per heavy atom. The highest BCUT2D eigenvalue weighted by Gasteiger charge is 2.01. The molecule has 0 aliphatic rings. The molecule has 0 heterocycles. The molecule has 0 amide bonds. The number of para-hydroxylation sites is 4. The van der Waals surface area contributed by atoms with E-state index in [2.05, 4.69) is 121 Å². The number of hydrogen-bond acceptors (Lipinski definition) is 2. The van der Waals surface area contributed by atoms with Crippen LogP contribution in [-0.2, 0) is 0 Å². The SMILES string of the molecule is CN(c1ccccc1)c1ccccc1.CN(c1ccccc1)c1ccccc1. The minimum atomic E-state index is 1.21. The maximum absolute atomic E-state index is 2.17. The highest BCUT2D eigenvalue weighted by atomic mass is 15.1. The highest BCUT2D eigenvalue weighted by Crippen LogP contribution is 2.22. The first-order chi connectivity index (χ1) is 13.8. The van der Waals surface area contributed by atoms with Crippen molar-refractivity contribution in [2.75, 3.05) is 23.9 Å². The van der Waals surface area contributed by atoms with Crippen molar-refractivity contribution >= 4 is 22.7 Å². The van der Waals surface area contributed by atoms with E-state index in [0.717, 1.165) is 0 Å². The van der Waals surface area contributed by atoms with Crippen molar-refractivity contribution in [3.8, 4) is 0 Å². The summed E-state index contributed by atoms with van der Waals surface area (Å²) in [4.78, 5) is 4.33. The van der Waals surface area contributed by atoms with E-state index in [1.54, 1.807) is 0 Å². The number of anilines is 4. The number of rotatable bonds is 4. The van der Waals surface area contributed by atoms with Gasteiger partial charge in [0.25, 0.3) is 0 Å². The zero-order valence-corrected chi connectivity index (χ0v) is 16.4. The number of hydrogen-bond donors (Lipinski definition) is 0. The van der Waals surface area contributed by atoms with Crippen molar-refractivity contribution in [2.45, 2.75) is 0 Å². The molecule has 0 atom stereocenters. The van der Waals surface area contributed by atoms with Crippen molar-refractivity contribution in [1.29, 1.82) is 0 Å². The van der Waals surface area contributed by atoms with Crippen LogP contribution in [0.25, 0.3) is 0 Å². The lowest BCUT2D eigenvalue weighted by molar-refractivity contribution is 1.21. The Morgan fingerprint density at radius 2 is 0.500 bits per heavy atom. The molecule has 0 fully saturated rings. The smallest absolute Gasteiger partial charge is 0.0408 e. The van der Waals surface area contributed by atoms with Crippen molar-refractivity contribution in [2.24, 2.45) is 0 Å². The highest BCUT2D eigenvalue weighted by molar-refractivity contribution is 5.62. The maximum atomic E-state index is 2.17. The van der Waals surface area contributed by atoms with Crippen LogP contribution < -0.4 is 9.80 Å². The lowest BCUT2D eigenvalue weighted by atomic mass is 10.2. The Balaban J connectivity index is 0.000000161. The molecule has 0 spiro atoms. The quantitative estimate of drug-likeness (QED) is 0.387. The summed E-state index contributed by atoms with van der Waals surface area (Å²) in [6, 6.07) is 41.4. The topological polar surface area (TPSA) is 6.48 Å². The van der Waals surface area contributed by atoms with Gasteiger partial charge in [0.1, 0.15) is 0 Å². The molecular weight excluding hydrogens is 340 g/mol. The van der Waals surface area contributed by atoms with Gasteiger partial charge in [-0.25, -0.2) is 0 Å². The average Bonchev–Trinajstić information content (AvgIpc) is 2.81. The Hall–Kier alpha value is -3.52. The molecule has 0 aromatic heterocycles. The Morgan fingerprint density at radius 3 is 0.679 bits per heavy atom. The van der Waals surface area contributed by atoms with E-state index in [9.17, 15) is 0 Å². The zero-order valence-electron chi connectivity index (χ0n) is 16.4. The van der Waals surface area contributed by atoms with E-state index < -0.39 is 0 Å². The van der Waals surface area contributed by atoms with Gasteiger partial charge in [0.15, 0.2) is 0 Å². The molecule has 0 aliphatic heterocycles. The first-order valence-corrected chi connectivity index (χ1v) is 9.43. The predicted octanol–water partition coefficient (Wildman–Crippen LogP) is 6.91. The van der Waals surface area contributed by atoms with Gasteiger partial charge in [0, 0.05) is 36.8 Å². The Kier molecular flexibility index (Phi) is 6.86. The summed E-state index contributed by atoms with van der Waals surface area (Å²) in [5, 5.41) is 0. The van der Waals surface area contributed by atoms with Gasteiger partial charge in [0.2, 0.25) is 0 Å². The van der Waals surface area contributed by atoms with E-state index in [4.69, 9.17) is 0 Å². The van der Waals surface area contributed by atoms with Gasteiger partial charge in [-0.1, -0.05) is 72.8 Å². The molecule has 0 bridgehead atoms. The first kappa shape index (κ1) is 19.2. The predicted molar refractivity (Wildman–Crippen MR) is 122 cm³/mol. The Bertz CT molecular complexity index is 763. The summed E-state index contributed by atoms with van der Waals surface area (Å²) in [7, 11) is 4.15. The van der Waals surface area contributed by atoms with Crippen LogP contribution in [0.3, 0.4) is 0 Å². The molecular formula is C26H26N2. The third-order valence-corrected chi connectivity index (χ3v) is 4.57. The molecule has 0 radical (unpaired) electrons. The molecule has 0 unspecified atom stereocenters. The van der Waals surface area contributed by atoms with Crippen molar-refractivity contribution in [1.82, 2.24) is 0 Å². The molecule has 140 valence electrons. The molecule has 0 saturated heterocycles. The van der Waals surface area contributed by atoms with Gasteiger partial charge < -0.3 is 9.80 Å². The summed E-state index contributed by atoms with van der Waals surface area (Å²) in [5.74, 6) is 0. The van der Waals surface area contributed by atoms with Gasteiger partial charge in [0.05, 0.1) is 0 Å².